The number of hydrogen-bond acceptors (Lipinski definition) is 4. The van der Waals surface area contributed by atoms with E-state index in [0.717, 1.165) is 55.4 Å². The summed E-state index contributed by atoms with van der Waals surface area (Å²) in [6.07, 6.45) is 0. The van der Waals surface area contributed by atoms with Crippen molar-refractivity contribution in [3.8, 4) is 0 Å². The number of nitrogens with zero attached hydrogens (tertiary/aromatic N) is 3. The van der Waals surface area contributed by atoms with Crippen molar-refractivity contribution in [3.05, 3.63) is 64.7 Å². The normalized spacial score (nSPS) is 18.0. The first-order valence-corrected chi connectivity index (χ1v) is 9.60. The molecule has 0 saturated carbocycles. The molecule has 2 aromatic carbocycles. The van der Waals surface area contributed by atoms with Crippen LogP contribution in [-0.4, -0.2) is 62.5 Å². The molecule has 2 aromatic rings. The van der Waals surface area contributed by atoms with Gasteiger partial charge in [-0.1, -0.05) is 41.9 Å². The Morgan fingerprint density at radius 3 is 2.59 bits per heavy atom. The highest BCUT2D eigenvalue weighted by Crippen LogP contribution is 2.29. The Kier molecular flexibility index (Phi) is 5.53. The highest BCUT2D eigenvalue weighted by molar-refractivity contribution is 6.32. The van der Waals surface area contributed by atoms with Crippen LogP contribution < -0.4 is 4.90 Å². The molecule has 5 nitrogen and oxygen atoms in total. The van der Waals surface area contributed by atoms with E-state index in [1.165, 1.54) is 0 Å². The van der Waals surface area contributed by atoms with E-state index in [0.29, 0.717) is 11.6 Å². The van der Waals surface area contributed by atoms with Gasteiger partial charge < -0.3 is 9.64 Å². The molecule has 0 atom stereocenters. The molecule has 2 heterocycles. The Labute approximate surface area is 164 Å². The second-order valence-electron chi connectivity index (χ2n) is 6.69. The minimum atomic E-state index is 0.0118. The van der Waals surface area contributed by atoms with Gasteiger partial charge >= 0.3 is 0 Å². The number of hydrogen-bond donors (Lipinski definition) is 0. The zero-order valence-corrected chi connectivity index (χ0v) is 15.9. The molecule has 6 heteroatoms. The summed E-state index contributed by atoms with van der Waals surface area (Å²) in [5.74, 6) is 0.0118. The lowest BCUT2D eigenvalue weighted by atomic mass is 10.00. The third kappa shape index (κ3) is 4.05. The molecular formula is C21H22ClN3O2. The first-order chi connectivity index (χ1) is 13.2. The molecule has 0 spiro atoms. The van der Waals surface area contributed by atoms with Crippen molar-refractivity contribution in [2.24, 2.45) is 4.99 Å². The average Bonchev–Trinajstić information content (AvgIpc) is 2.84. The number of ether oxygens (including phenoxy) is 1. The zero-order chi connectivity index (χ0) is 18.6. The second kappa shape index (κ2) is 8.21. The summed E-state index contributed by atoms with van der Waals surface area (Å²) in [4.78, 5) is 21.7. The van der Waals surface area contributed by atoms with Gasteiger partial charge in [-0.05, 0) is 18.2 Å². The molecule has 0 N–H and O–H groups in total. The predicted molar refractivity (Wildman–Crippen MR) is 108 cm³/mol. The maximum Gasteiger partial charge on any atom is 0.248 e. The minimum absolute atomic E-state index is 0.0118. The summed E-state index contributed by atoms with van der Waals surface area (Å²) in [7, 11) is 0. The molecule has 0 radical (unpaired) electrons. The smallest absolute Gasteiger partial charge is 0.248 e. The van der Waals surface area contributed by atoms with Crippen LogP contribution in [0.5, 0.6) is 0 Å². The Morgan fingerprint density at radius 1 is 1.04 bits per heavy atom. The van der Waals surface area contributed by atoms with Gasteiger partial charge in [0.25, 0.3) is 0 Å². The standard InChI is InChI=1S/C21H22ClN3O2/c22-17-6-7-19-18(14-17)21(16-4-2-1-3-5-16)23-15-20(26)25(19)9-8-24-10-12-27-13-11-24/h1-7,14H,8-13,15H2. The summed E-state index contributed by atoms with van der Waals surface area (Å²) >= 11 is 6.29. The van der Waals surface area contributed by atoms with E-state index in [2.05, 4.69) is 9.89 Å². The molecule has 2 aliphatic rings. The molecule has 2 aliphatic heterocycles. The van der Waals surface area contributed by atoms with Crippen molar-refractivity contribution >= 4 is 28.9 Å². The maximum atomic E-state index is 12.9. The van der Waals surface area contributed by atoms with Crippen LogP contribution in [-0.2, 0) is 9.53 Å². The molecule has 4 rings (SSSR count). The SMILES string of the molecule is O=C1CN=C(c2ccccc2)c2cc(Cl)ccc2N1CCN1CCOCC1. The molecule has 27 heavy (non-hydrogen) atoms. The Bertz CT molecular complexity index is 848. The van der Waals surface area contributed by atoms with Crippen molar-refractivity contribution in [2.45, 2.75) is 0 Å². The van der Waals surface area contributed by atoms with Gasteiger partial charge in [0.2, 0.25) is 5.91 Å². The molecule has 0 aliphatic carbocycles. The van der Waals surface area contributed by atoms with Gasteiger partial charge in [-0.15, -0.1) is 0 Å². The Balaban J connectivity index is 1.66. The van der Waals surface area contributed by atoms with Crippen LogP contribution in [0, 0.1) is 0 Å². The van der Waals surface area contributed by atoms with Crippen molar-refractivity contribution in [1.29, 1.82) is 0 Å². The van der Waals surface area contributed by atoms with E-state index in [9.17, 15) is 4.79 Å². The van der Waals surface area contributed by atoms with Crippen LogP contribution in [0.15, 0.2) is 53.5 Å². The fourth-order valence-corrected chi connectivity index (χ4v) is 3.71. The van der Waals surface area contributed by atoms with Gasteiger partial charge in [0.05, 0.1) is 24.6 Å². The van der Waals surface area contributed by atoms with Crippen LogP contribution in [0.4, 0.5) is 5.69 Å². The number of carbonyl (C=O) groups excluding carboxylic acids is 1. The number of aliphatic imine (C=N–C) groups is 1. The summed E-state index contributed by atoms with van der Waals surface area (Å²) in [6, 6.07) is 15.6. The first-order valence-electron chi connectivity index (χ1n) is 9.22. The molecule has 0 bridgehead atoms. The van der Waals surface area contributed by atoms with Crippen molar-refractivity contribution in [2.75, 3.05) is 50.8 Å². The molecule has 140 valence electrons. The van der Waals surface area contributed by atoms with Crippen LogP contribution in [0.25, 0.3) is 0 Å². The van der Waals surface area contributed by atoms with E-state index >= 15 is 0 Å². The van der Waals surface area contributed by atoms with Gasteiger partial charge in [-0.2, -0.15) is 0 Å². The molecule has 1 fully saturated rings. The van der Waals surface area contributed by atoms with Gasteiger partial charge in [0.1, 0.15) is 6.54 Å². The van der Waals surface area contributed by atoms with Crippen molar-refractivity contribution < 1.29 is 9.53 Å². The average molecular weight is 384 g/mol. The fourth-order valence-electron chi connectivity index (χ4n) is 3.54. The summed E-state index contributed by atoms with van der Waals surface area (Å²) in [6.45, 7) is 4.90. The third-order valence-electron chi connectivity index (χ3n) is 4.97. The maximum absolute atomic E-state index is 12.9. The molecule has 1 saturated heterocycles. The van der Waals surface area contributed by atoms with Gasteiger partial charge in [0.15, 0.2) is 0 Å². The summed E-state index contributed by atoms with van der Waals surface area (Å²) < 4.78 is 5.41. The monoisotopic (exact) mass is 383 g/mol. The molecule has 1 amide bonds. The number of fused-ring (bicyclic) bond motifs is 1. The number of benzene rings is 2. The second-order valence-corrected chi connectivity index (χ2v) is 7.13. The fraction of sp³-hybridized carbons (Fsp3) is 0.333. The van der Waals surface area contributed by atoms with Gasteiger partial charge in [-0.3, -0.25) is 14.7 Å². The van der Waals surface area contributed by atoms with Crippen LogP contribution >= 0.6 is 11.6 Å². The first kappa shape index (κ1) is 18.2. The quantitative estimate of drug-likeness (QED) is 0.815. The largest absolute Gasteiger partial charge is 0.379 e. The number of anilines is 1. The Morgan fingerprint density at radius 2 is 1.81 bits per heavy atom. The highest BCUT2D eigenvalue weighted by Gasteiger charge is 2.26. The zero-order valence-electron chi connectivity index (χ0n) is 15.1. The van der Waals surface area contributed by atoms with Gasteiger partial charge in [-0.25, -0.2) is 0 Å². The van der Waals surface area contributed by atoms with E-state index in [1.54, 1.807) is 0 Å². The van der Waals surface area contributed by atoms with E-state index in [-0.39, 0.29) is 12.5 Å². The summed E-state index contributed by atoms with van der Waals surface area (Å²) in [5.41, 5.74) is 3.58. The van der Waals surface area contributed by atoms with E-state index in [1.807, 2.05) is 53.4 Å². The lowest BCUT2D eigenvalue weighted by molar-refractivity contribution is -0.117. The van der Waals surface area contributed by atoms with Crippen molar-refractivity contribution in [1.82, 2.24) is 4.90 Å². The lowest BCUT2D eigenvalue weighted by Gasteiger charge is -2.30. The molecule has 0 unspecified atom stereocenters. The Hall–Kier alpha value is -2.21. The third-order valence-corrected chi connectivity index (χ3v) is 5.20. The molecule has 0 aromatic heterocycles. The number of benzodiazepines with no additional fused rings is 1. The van der Waals surface area contributed by atoms with Crippen molar-refractivity contribution in [3.63, 3.8) is 0 Å². The van der Waals surface area contributed by atoms with E-state index in [4.69, 9.17) is 16.3 Å². The van der Waals surface area contributed by atoms with Gasteiger partial charge in [0, 0.05) is 42.3 Å². The summed E-state index contributed by atoms with van der Waals surface area (Å²) in [5, 5.41) is 0.639. The number of rotatable bonds is 4. The highest BCUT2D eigenvalue weighted by atomic mass is 35.5. The number of carbonyl (C=O) groups is 1. The predicted octanol–water partition coefficient (Wildman–Crippen LogP) is 2.86. The number of halogens is 1. The van der Waals surface area contributed by atoms with Crippen LogP contribution in [0.1, 0.15) is 11.1 Å². The number of morpholine rings is 1. The number of amides is 1. The lowest BCUT2D eigenvalue weighted by Crippen LogP contribution is -2.43. The van der Waals surface area contributed by atoms with Crippen LogP contribution in [0.3, 0.4) is 0 Å². The minimum Gasteiger partial charge on any atom is -0.379 e. The van der Waals surface area contributed by atoms with Crippen LogP contribution in [0.2, 0.25) is 5.02 Å². The topological polar surface area (TPSA) is 45.1 Å². The van der Waals surface area contributed by atoms with E-state index < -0.39 is 0 Å². The molecular weight excluding hydrogens is 362 g/mol.